The predicted octanol–water partition coefficient (Wildman–Crippen LogP) is 2.74. The van der Waals surface area contributed by atoms with Crippen LogP contribution in [0.15, 0.2) is 48.5 Å². The molecule has 112 valence electrons. The number of carbonyl (C=O) groups is 1. The van der Waals surface area contributed by atoms with Gasteiger partial charge in [-0.3, -0.25) is 19.8 Å². The Morgan fingerprint density at radius 2 is 1.86 bits per heavy atom. The van der Waals surface area contributed by atoms with Crippen LogP contribution in [0.3, 0.4) is 0 Å². The van der Waals surface area contributed by atoms with E-state index >= 15 is 0 Å². The zero-order valence-electron chi connectivity index (χ0n) is 11.7. The molecule has 0 bridgehead atoms. The standard InChI is InChI=1S/C16H14N2O4/c19-16(20)15(11-5-2-1-3-6-11)17-9-12-7-4-8-14(18(21)22)13(12)10-17/h1-8,15H,9-10H2,(H,19,20)/t15-/m0/s1. The summed E-state index contributed by atoms with van der Waals surface area (Å²) in [4.78, 5) is 24.1. The molecule has 1 heterocycles. The maximum Gasteiger partial charge on any atom is 0.325 e. The number of nitro benzene ring substituents is 1. The molecule has 1 aliphatic heterocycles. The fraction of sp³-hybridized carbons (Fsp3) is 0.188. The second-order valence-corrected chi connectivity index (χ2v) is 5.23. The second kappa shape index (κ2) is 5.57. The van der Waals surface area contributed by atoms with Crippen molar-refractivity contribution in [2.45, 2.75) is 19.1 Å². The number of rotatable bonds is 4. The van der Waals surface area contributed by atoms with Crippen molar-refractivity contribution in [3.63, 3.8) is 0 Å². The van der Waals surface area contributed by atoms with E-state index in [0.717, 1.165) is 5.56 Å². The quantitative estimate of drug-likeness (QED) is 0.693. The van der Waals surface area contributed by atoms with Crippen molar-refractivity contribution >= 4 is 11.7 Å². The van der Waals surface area contributed by atoms with E-state index in [1.54, 1.807) is 35.2 Å². The molecule has 0 amide bonds. The minimum absolute atomic E-state index is 0.0530. The van der Waals surface area contributed by atoms with Crippen molar-refractivity contribution in [3.05, 3.63) is 75.3 Å². The van der Waals surface area contributed by atoms with Gasteiger partial charge in [0.15, 0.2) is 0 Å². The highest BCUT2D eigenvalue weighted by Gasteiger charge is 2.34. The Morgan fingerprint density at radius 3 is 2.50 bits per heavy atom. The lowest BCUT2D eigenvalue weighted by atomic mass is 10.1. The van der Waals surface area contributed by atoms with Crippen LogP contribution < -0.4 is 0 Å². The molecule has 3 rings (SSSR count). The topological polar surface area (TPSA) is 83.7 Å². The van der Waals surface area contributed by atoms with Crippen molar-refractivity contribution in [1.82, 2.24) is 4.90 Å². The highest BCUT2D eigenvalue weighted by molar-refractivity contribution is 5.75. The minimum atomic E-state index is -0.957. The molecule has 0 aliphatic carbocycles. The summed E-state index contributed by atoms with van der Waals surface area (Å²) in [5.41, 5.74) is 2.15. The highest BCUT2D eigenvalue weighted by Crippen LogP contribution is 2.35. The van der Waals surface area contributed by atoms with E-state index in [1.807, 2.05) is 12.1 Å². The average molecular weight is 298 g/mol. The van der Waals surface area contributed by atoms with Crippen LogP contribution >= 0.6 is 0 Å². The molecule has 1 N–H and O–H groups in total. The summed E-state index contributed by atoms with van der Waals surface area (Å²) in [5.74, 6) is -0.957. The van der Waals surface area contributed by atoms with Crippen LogP contribution in [0.4, 0.5) is 5.69 Å². The Bertz CT molecular complexity index is 730. The van der Waals surface area contributed by atoms with Gasteiger partial charge in [-0.25, -0.2) is 0 Å². The summed E-state index contributed by atoms with van der Waals surface area (Å²) < 4.78 is 0. The van der Waals surface area contributed by atoms with Gasteiger partial charge in [0.2, 0.25) is 0 Å². The van der Waals surface area contributed by atoms with Crippen molar-refractivity contribution in [2.75, 3.05) is 0 Å². The van der Waals surface area contributed by atoms with Gasteiger partial charge in [0.05, 0.1) is 4.92 Å². The number of nitro groups is 1. The van der Waals surface area contributed by atoms with Crippen LogP contribution in [0.25, 0.3) is 0 Å². The minimum Gasteiger partial charge on any atom is -0.480 e. The molecule has 2 aromatic rings. The lowest BCUT2D eigenvalue weighted by molar-refractivity contribution is -0.385. The molecule has 0 fully saturated rings. The summed E-state index contributed by atoms with van der Waals surface area (Å²) in [5, 5.41) is 20.7. The maximum atomic E-state index is 11.7. The molecule has 0 spiro atoms. The van der Waals surface area contributed by atoms with E-state index in [2.05, 4.69) is 0 Å². The zero-order valence-corrected chi connectivity index (χ0v) is 11.7. The first-order chi connectivity index (χ1) is 10.6. The fourth-order valence-electron chi connectivity index (χ4n) is 2.93. The van der Waals surface area contributed by atoms with Gasteiger partial charge in [-0.1, -0.05) is 42.5 Å². The Morgan fingerprint density at radius 1 is 1.14 bits per heavy atom. The molecule has 6 nitrogen and oxygen atoms in total. The number of benzene rings is 2. The van der Waals surface area contributed by atoms with E-state index in [-0.39, 0.29) is 12.2 Å². The average Bonchev–Trinajstić information content (AvgIpc) is 2.90. The summed E-state index contributed by atoms with van der Waals surface area (Å²) in [6, 6.07) is 13.0. The van der Waals surface area contributed by atoms with Crippen molar-refractivity contribution < 1.29 is 14.8 Å². The molecular formula is C16H14N2O4. The van der Waals surface area contributed by atoms with Crippen LogP contribution in [0.2, 0.25) is 0 Å². The lowest BCUT2D eigenvalue weighted by Gasteiger charge is -2.23. The lowest BCUT2D eigenvalue weighted by Crippen LogP contribution is -2.29. The smallest absolute Gasteiger partial charge is 0.325 e. The first kappa shape index (κ1) is 14.2. The summed E-state index contributed by atoms with van der Waals surface area (Å²) in [6.07, 6.45) is 0. The van der Waals surface area contributed by atoms with Crippen molar-refractivity contribution in [3.8, 4) is 0 Å². The third-order valence-corrected chi connectivity index (χ3v) is 3.89. The molecule has 6 heteroatoms. The van der Waals surface area contributed by atoms with Crippen LogP contribution in [0.1, 0.15) is 22.7 Å². The number of hydrogen-bond donors (Lipinski definition) is 1. The zero-order chi connectivity index (χ0) is 15.7. The van der Waals surface area contributed by atoms with E-state index in [1.165, 1.54) is 6.07 Å². The number of carboxylic acids is 1. The molecule has 2 aromatic carbocycles. The van der Waals surface area contributed by atoms with Crippen LogP contribution in [0.5, 0.6) is 0 Å². The Labute approximate surface area is 126 Å². The molecule has 0 saturated heterocycles. The Balaban J connectivity index is 1.95. The van der Waals surface area contributed by atoms with Crippen LogP contribution in [-0.4, -0.2) is 20.9 Å². The van der Waals surface area contributed by atoms with Crippen LogP contribution in [0, 0.1) is 10.1 Å². The fourth-order valence-corrected chi connectivity index (χ4v) is 2.93. The number of nitrogens with zero attached hydrogens (tertiary/aromatic N) is 2. The molecule has 0 aromatic heterocycles. The van der Waals surface area contributed by atoms with Gasteiger partial charge in [0.25, 0.3) is 5.69 Å². The van der Waals surface area contributed by atoms with E-state index in [0.29, 0.717) is 17.7 Å². The molecule has 1 aliphatic rings. The third kappa shape index (κ3) is 2.44. The predicted molar refractivity (Wildman–Crippen MR) is 79.2 cm³/mol. The number of hydrogen-bond acceptors (Lipinski definition) is 4. The first-order valence-corrected chi connectivity index (χ1v) is 6.85. The van der Waals surface area contributed by atoms with Gasteiger partial charge in [-0.15, -0.1) is 0 Å². The largest absolute Gasteiger partial charge is 0.480 e. The van der Waals surface area contributed by atoms with Crippen molar-refractivity contribution in [1.29, 1.82) is 0 Å². The number of aliphatic carboxylic acids is 1. The number of carboxylic acid groups (broad SMARTS) is 1. The van der Waals surface area contributed by atoms with Gasteiger partial charge in [0, 0.05) is 24.7 Å². The molecule has 0 radical (unpaired) electrons. The monoisotopic (exact) mass is 298 g/mol. The van der Waals surface area contributed by atoms with Gasteiger partial charge < -0.3 is 5.11 Å². The summed E-state index contributed by atoms with van der Waals surface area (Å²) in [7, 11) is 0. The van der Waals surface area contributed by atoms with Gasteiger partial charge in [0.1, 0.15) is 6.04 Å². The highest BCUT2D eigenvalue weighted by atomic mass is 16.6. The molecule has 22 heavy (non-hydrogen) atoms. The third-order valence-electron chi connectivity index (χ3n) is 3.89. The molecular weight excluding hydrogens is 284 g/mol. The van der Waals surface area contributed by atoms with Crippen LogP contribution in [-0.2, 0) is 17.9 Å². The maximum absolute atomic E-state index is 11.7. The molecule has 0 unspecified atom stereocenters. The molecule has 0 saturated carbocycles. The van der Waals surface area contributed by atoms with Crippen molar-refractivity contribution in [2.24, 2.45) is 0 Å². The van der Waals surface area contributed by atoms with E-state index in [9.17, 15) is 20.0 Å². The second-order valence-electron chi connectivity index (χ2n) is 5.23. The Hall–Kier alpha value is -2.73. The summed E-state index contributed by atoms with van der Waals surface area (Å²) in [6.45, 7) is 0.654. The SMILES string of the molecule is O=C(O)[C@H](c1ccccc1)N1Cc2cccc([N+](=O)[O-])c2C1. The number of fused-ring (bicyclic) bond motifs is 1. The Kier molecular flexibility index (Phi) is 3.60. The van der Waals surface area contributed by atoms with Gasteiger partial charge in [-0.05, 0) is 11.1 Å². The van der Waals surface area contributed by atoms with E-state index in [4.69, 9.17) is 0 Å². The summed E-state index contributed by atoms with van der Waals surface area (Å²) >= 11 is 0. The van der Waals surface area contributed by atoms with Gasteiger partial charge >= 0.3 is 5.97 Å². The van der Waals surface area contributed by atoms with E-state index < -0.39 is 16.9 Å². The first-order valence-electron chi connectivity index (χ1n) is 6.85. The normalized spacial score (nSPS) is 15.3. The molecule has 1 atom stereocenters. The van der Waals surface area contributed by atoms with Gasteiger partial charge in [-0.2, -0.15) is 0 Å².